The Morgan fingerprint density at radius 2 is 1.78 bits per heavy atom. The van der Waals surface area contributed by atoms with Crippen molar-refractivity contribution >= 4 is 15.9 Å². The Morgan fingerprint density at radius 1 is 1.33 bits per heavy atom. The molecule has 0 bridgehead atoms. The zero-order valence-corrected chi connectivity index (χ0v) is 9.63. The number of aromatic nitrogens is 1. The van der Waals surface area contributed by atoms with Gasteiger partial charge in [-0.1, -0.05) is 0 Å². The summed E-state index contributed by atoms with van der Waals surface area (Å²) in [6, 6.07) is 4.57. The smallest absolute Gasteiger partial charge is 0.485 e. The first-order valence-corrected chi connectivity index (χ1v) is 5.57. The van der Waals surface area contributed by atoms with Gasteiger partial charge in [0.25, 0.3) is 5.69 Å². The van der Waals surface area contributed by atoms with Gasteiger partial charge in [-0.25, -0.2) is 8.42 Å². The molecular weight excluding hydrogens is 282 g/mol. The predicted octanol–water partition coefficient (Wildman–Crippen LogP) is 0.961. The second-order valence-corrected chi connectivity index (χ2v) is 4.22. The number of Topliss-reactive ketones (excluding diaryl/α,β-unsaturated/α-hetero) is 1. The number of hydrogen-bond acceptors (Lipinski definition) is 4. The molecule has 0 fully saturated rings. The second kappa shape index (κ2) is 5.87. The first-order chi connectivity index (χ1) is 7.97. The van der Waals surface area contributed by atoms with Crippen LogP contribution in [0.25, 0.3) is 0 Å². The van der Waals surface area contributed by atoms with Crippen LogP contribution in [0.2, 0.25) is 0 Å². The minimum absolute atomic E-state index is 0.0718. The van der Waals surface area contributed by atoms with Crippen LogP contribution >= 0.6 is 0 Å². The molecule has 10 heteroatoms. The van der Waals surface area contributed by atoms with Gasteiger partial charge in [-0.2, -0.15) is 13.2 Å². The average molecular weight is 289 g/mol. The second-order valence-electron chi connectivity index (χ2n) is 2.85. The largest absolute Gasteiger partial charge is 0.741 e. The summed E-state index contributed by atoms with van der Waals surface area (Å²) >= 11 is 0. The Labute approximate surface area is 99.3 Å². The van der Waals surface area contributed by atoms with E-state index >= 15 is 0 Å². The van der Waals surface area contributed by atoms with E-state index in [0.717, 1.165) is 0 Å². The lowest BCUT2D eigenvalue weighted by molar-refractivity contribution is -0.845. The molecule has 0 spiro atoms. The Hall–Kier alpha value is -1.55. The number of ketones is 1. The van der Waals surface area contributed by atoms with Crippen molar-refractivity contribution in [1.29, 1.82) is 0 Å². The number of alkyl halides is 3. The van der Waals surface area contributed by atoms with Gasteiger partial charge in [-0.05, 0) is 6.07 Å². The van der Waals surface area contributed by atoms with Crippen LogP contribution in [0, 0.1) is 0 Å². The number of carbonyl (C=O) groups excluding carboxylic acids is 1. The highest BCUT2D eigenvalue weighted by atomic mass is 32.2. The number of nitrogens with zero attached hydrogens (tertiary/aromatic N) is 1. The van der Waals surface area contributed by atoms with Crippen molar-refractivity contribution in [2.45, 2.75) is 12.4 Å². The predicted molar refractivity (Wildman–Crippen MR) is 48.9 cm³/mol. The van der Waals surface area contributed by atoms with Crippen LogP contribution in [0.3, 0.4) is 0 Å². The van der Waals surface area contributed by atoms with E-state index in [4.69, 9.17) is 13.0 Å². The molecule has 0 aromatic carbocycles. The van der Waals surface area contributed by atoms with E-state index in [1.165, 1.54) is 25.3 Å². The lowest BCUT2D eigenvalue weighted by Gasteiger charge is -2.08. The molecule has 0 saturated carbocycles. The minimum atomic E-state index is -6.09. The van der Waals surface area contributed by atoms with Gasteiger partial charge < -0.3 is 4.55 Å². The van der Waals surface area contributed by atoms with Gasteiger partial charge in [0.05, 0.1) is 4.48 Å². The standard InChI is InChI=1S/C7H7FNO.CHF3O3S/c1-6(10)7-4-2-3-5-9(7)8;2-1(3,4)8(5,6)7/h2-5H,1H3;(H,5,6,7)/q+1;/p-1. The third kappa shape index (κ3) is 5.19. The van der Waals surface area contributed by atoms with Gasteiger partial charge in [0, 0.05) is 23.8 Å². The molecule has 0 N–H and O–H groups in total. The van der Waals surface area contributed by atoms with E-state index in [1.807, 2.05) is 0 Å². The maximum atomic E-state index is 12.5. The number of carbonyl (C=O) groups is 1. The summed E-state index contributed by atoms with van der Waals surface area (Å²) in [6.45, 7) is 1.32. The quantitative estimate of drug-likeness (QED) is 0.334. The third-order valence-corrected chi connectivity index (χ3v) is 2.02. The Bertz CT molecular complexity index is 526. The topological polar surface area (TPSA) is 78.1 Å². The number of halogens is 4. The summed E-state index contributed by atoms with van der Waals surface area (Å²) in [4.78, 5) is 10.9. The fourth-order valence-electron chi connectivity index (χ4n) is 0.691. The fraction of sp³-hybridized carbons (Fsp3) is 0.250. The molecule has 1 aromatic rings. The monoisotopic (exact) mass is 289 g/mol. The van der Waals surface area contributed by atoms with E-state index in [2.05, 4.69) is 0 Å². The third-order valence-electron chi connectivity index (χ3n) is 1.46. The van der Waals surface area contributed by atoms with Gasteiger partial charge >= 0.3 is 5.51 Å². The van der Waals surface area contributed by atoms with E-state index in [-0.39, 0.29) is 11.5 Å². The van der Waals surface area contributed by atoms with Crippen molar-refractivity contribution < 1.29 is 40.2 Å². The fourth-order valence-corrected chi connectivity index (χ4v) is 0.691. The molecule has 102 valence electrons. The molecule has 0 saturated heterocycles. The number of hydrogen-bond donors (Lipinski definition) is 0. The van der Waals surface area contributed by atoms with Crippen LogP contribution in [0.15, 0.2) is 24.4 Å². The molecule has 0 atom stereocenters. The van der Waals surface area contributed by atoms with Crippen LogP contribution in [-0.2, 0) is 10.1 Å². The van der Waals surface area contributed by atoms with Crippen molar-refractivity contribution in [2.75, 3.05) is 0 Å². The molecule has 1 aromatic heterocycles. The van der Waals surface area contributed by atoms with E-state index < -0.39 is 15.6 Å². The molecule has 0 aliphatic heterocycles. The number of rotatable bonds is 1. The van der Waals surface area contributed by atoms with E-state index in [0.29, 0.717) is 4.79 Å². The molecule has 0 amide bonds. The van der Waals surface area contributed by atoms with Crippen LogP contribution in [0.4, 0.5) is 17.7 Å². The normalized spacial score (nSPS) is 11.4. The van der Waals surface area contributed by atoms with Crippen LogP contribution in [0.5, 0.6) is 0 Å². The van der Waals surface area contributed by atoms with Crippen molar-refractivity contribution in [1.82, 2.24) is 0 Å². The van der Waals surface area contributed by atoms with Gasteiger partial charge in [0.1, 0.15) is 0 Å². The molecule has 1 rings (SSSR count). The molecule has 0 unspecified atom stereocenters. The Kier molecular flexibility index (Phi) is 5.36. The zero-order valence-electron chi connectivity index (χ0n) is 8.81. The summed E-state index contributed by atoms with van der Waals surface area (Å²) in [6.07, 6.45) is 1.19. The maximum absolute atomic E-state index is 12.5. The van der Waals surface area contributed by atoms with Crippen molar-refractivity contribution in [2.24, 2.45) is 0 Å². The summed E-state index contributed by atoms with van der Waals surface area (Å²) in [5.41, 5.74) is -5.57. The molecular formula is C8H7F4NO4S. The highest BCUT2D eigenvalue weighted by Gasteiger charge is 2.36. The molecule has 1 heterocycles. The maximum Gasteiger partial charge on any atom is 0.485 e. The molecule has 0 aliphatic rings. The van der Waals surface area contributed by atoms with E-state index in [1.54, 1.807) is 6.07 Å². The minimum Gasteiger partial charge on any atom is -0.741 e. The summed E-state index contributed by atoms with van der Waals surface area (Å²) in [5, 5.41) is 0. The first-order valence-electron chi connectivity index (χ1n) is 4.16. The average Bonchev–Trinajstić information content (AvgIpc) is 2.15. The van der Waals surface area contributed by atoms with E-state index in [9.17, 15) is 22.4 Å². The summed E-state index contributed by atoms with van der Waals surface area (Å²) < 4.78 is 71.4. The lowest BCUT2D eigenvalue weighted by atomic mass is 10.3. The highest BCUT2D eigenvalue weighted by molar-refractivity contribution is 7.86. The van der Waals surface area contributed by atoms with Gasteiger partial charge in [0.15, 0.2) is 10.1 Å². The molecule has 0 aliphatic carbocycles. The van der Waals surface area contributed by atoms with Crippen molar-refractivity contribution in [3.63, 3.8) is 0 Å². The van der Waals surface area contributed by atoms with Crippen molar-refractivity contribution in [3.05, 3.63) is 30.1 Å². The first kappa shape index (κ1) is 16.4. The Morgan fingerprint density at radius 3 is 2.00 bits per heavy atom. The molecule has 18 heavy (non-hydrogen) atoms. The van der Waals surface area contributed by atoms with Crippen LogP contribution < -0.4 is 4.79 Å². The Balaban J connectivity index is 0.000000331. The van der Waals surface area contributed by atoms with Crippen LogP contribution in [0.1, 0.15) is 17.4 Å². The summed E-state index contributed by atoms with van der Waals surface area (Å²) in [5.74, 6) is -0.275. The highest BCUT2D eigenvalue weighted by Crippen LogP contribution is 2.20. The molecule has 0 radical (unpaired) electrons. The molecule has 5 nitrogen and oxygen atoms in total. The SMILES string of the molecule is CC(=O)c1cccc[n+]1F.O=S(=O)([O-])C(F)(F)F. The van der Waals surface area contributed by atoms with Crippen LogP contribution in [-0.4, -0.2) is 24.3 Å². The summed E-state index contributed by atoms with van der Waals surface area (Å²) in [7, 11) is -6.09. The van der Waals surface area contributed by atoms with Gasteiger partial charge in [0.2, 0.25) is 12.0 Å². The lowest BCUT2D eigenvalue weighted by Crippen LogP contribution is -2.29. The van der Waals surface area contributed by atoms with Gasteiger partial charge in [-0.15, -0.1) is 0 Å². The zero-order chi connectivity index (χ0) is 14.6. The number of pyridine rings is 1. The van der Waals surface area contributed by atoms with Gasteiger partial charge in [-0.3, -0.25) is 4.79 Å². The van der Waals surface area contributed by atoms with Crippen molar-refractivity contribution in [3.8, 4) is 0 Å².